The summed E-state index contributed by atoms with van der Waals surface area (Å²) in [4.78, 5) is 9.85. The number of hydrogen-bond donors (Lipinski definition) is 2. The second-order valence-corrected chi connectivity index (χ2v) is 5.14. The van der Waals surface area contributed by atoms with Crippen LogP contribution >= 0.6 is 11.6 Å². The van der Waals surface area contributed by atoms with Gasteiger partial charge in [0.1, 0.15) is 11.2 Å². The quantitative estimate of drug-likeness (QED) is 0.396. The van der Waals surface area contributed by atoms with E-state index in [4.69, 9.17) is 27.1 Å². The molecular formula is C14H16ClN7O2. The molecule has 2 aromatic rings. The van der Waals surface area contributed by atoms with E-state index >= 15 is 0 Å². The number of aliphatic imine (C=N–C) groups is 1. The van der Waals surface area contributed by atoms with E-state index in [0.29, 0.717) is 24.8 Å². The van der Waals surface area contributed by atoms with Crippen molar-refractivity contribution in [2.75, 3.05) is 26.3 Å². The van der Waals surface area contributed by atoms with Gasteiger partial charge in [0.25, 0.3) is 0 Å². The van der Waals surface area contributed by atoms with Crippen molar-refractivity contribution in [2.45, 2.75) is 6.54 Å². The third-order valence-corrected chi connectivity index (χ3v) is 3.28. The predicted molar refractivity (Wildman–Crippen MR) is 87.0 cm³/mol. The summed E-state index contributed by atoms with van der Waals surface area (Å²) in [5, 5.41) is 35.3. The summed E-state index contributed by atoms with van der Waals surface area (Å²) in [5.74, 6) is 0.285. The van der Waals surface area contributed by atoms with E-state index in [9.17, 15) is 0 Å². The Morgan fingerprint density at radius 1 is 1.33 bits per heavy atom. The Morgan fingerprint density at radius 3 is 2.67 bits per heavy atom. The number of aliphatic hydroxyl groups excluding tert-OH is 2. The third kappa shape index (κ3) is 4.73. The molecule has 0 amide bonds. The minimum absolute atomic E-state index is 0.0783. The number of halogens is 1. The molecule has 2 aromatic heterocycles. The van der Waals surface area contributed by atoms with Crippen LogP contribution in [0.1, 0.15) is 11.3 Å². The smallest absolute Gasteiger partial charge is 0.209 e. The molecule has 2 N–H and O–H groups in total. The molecule has 2 rings (SSSR count). The molecule has 10 heteroatoms. The fourth-order valence-corrected chi connectivity index (χ4v) is 2.02. The minimum Gasteiger partial charge on any atom is -0.395 e. The number of nitriles is 1. The number of aromatic nitrogens is 4. The molecule has 0 aliphatic heterocycles. The molecule has 24 heavy (non-hydrogen) atoms. The monoisotopic (exact) mass is 349 g/mol. The van der Waals surface area contributed by atoms with Crippen molar-refractivity contribution in [1.82, 2.24) is 24.9 Å². The molecule has 9 nitrogen and oxygen atoms in total. The van der Waals surface area contributed by atoms with Gasteiger partial charge in [0.2, 0.25) is 5.69 Å². The van der Waals surface area contributed by atoms with Gasteiger partial charge in [0.15, 0.2) is 5.82 Å². The van der Waals surface area contributed by atoms with E-state index in [-0.39, 0.29) is 24.7 Å². The lowest BCUT2D eigenvalue weighted by atomic mass is 10.3. The second-order valence-electron chi connectivity index (χ2n) is 4.75. The van der Waals surface area contributed by atoms with Crippen LogP contribution in [0.15, 0.2) is 23.3 Å². The summed E-state index contributed by atoms with van der Waals surface area (Å²) >= 11 is 5.76. The molecule has 0 atom stereocenters. The standard InChI is InChI=1S/C14H16ClN7O2/c15-13-2-1-11(8-17-13)9-22-14(12(7-16)19-20-22)18-10-21(3-5-23)4-6-24/h1-2,8,10,23-24H,3-6,9H2/b18-10+. The Balaban J connectivity index is 2.23. The van der Waals surface area contributed by atoms with Gasteiger partial charge >= 0.3 is 0 Å². The van der Waals surface area contributed by atoms with Crippen molar-refractivity contribution in [3.63, 3.8) is 0 Å². The number of pyridine rings is 1. The average Bonchev–Trinajstić information content (AvgIpc) is 2.97. The van der Waals surface area contributed by atoms with Gasteiger partial charge in [-0.2, -0.15) is 5.26 Å². The molecule has 0 radical (unpaired) electrons. The lowest BCUT2D eigenvalue weighted by Gasteiger charge is -2.16. The molecule has 2 heterocycles. The van der Waals surface area contributed by atoms with Gasteiger partial charge in [-0.3, -0.25) is 0 Å². The normalized spacial score (nSPS) is 10.9. The fraction of sp³-hybridized carbons (Fsp3) is 0.357. The first-order valence-electron chi connectivity index (χ1n) is 7.12. The van der Waals surface area contributed by atoms with Crippen LogP contribution in [0.4, 0.5) is 5.82 Å². The maximum Gasteiger partial charge on any atom is 0.209 e. The van der Waals surface area contributed by atoms with Gasteiger partial charge in [0, 0.05) is 19.3 Å². The summed E-state index contributed by atoms with van der Waals surface area (Å²) in [5.41, 5.74) is 0.911. The van der Waals surface area contributed by atoms with Crippen LogP contribution in [-0.4, -0.2) is 67.7 Å². The zero-order valence-corrected chi connectivity index (χ0v) is 13.5. The highest BCUT2D eigenvalue weighted by atomic mass is 35.5. The highest BCUT2D eigenvalue weighted by Gasteiger charge is 2.12. The first kappa shape index (κ1) is 17.8. The van der Waals surface area contributed by atoms with Crippen LogP contribution in [0.3, 0.4) is 0 Å². The largest absolute Gasteiger partial charge is 0.395 e. The molecule has 0 aliphatic carbocycles. The first-order valence-corrected chi connectivity index (χ1v) is 7.49. The van der Waals surface area contributed by atoms with E-state index in [2.05, 4.69) is 20.3 Å². The number of rotatable bonds is 8. The van der Waals surface area contributed by atoms with Crippen LogP contribution in [0.25, 0.3) is 0 Å². The van der Waals surface area contributed by atoms with E-state index < -0.39 is 0 Å². The zero-order valence-electron chi connectivity index (χ0n) is 12.7. The van der Waals surface area contributed by atoms with Gasteiger partial charge in [-0.15, -0.1) is 5.10 Å². The Morgan fingerprint density at radius 2 is 2.08 bits per heavy atom. The van der Waals surface area contributed by atoms with Crippen molar-refractivity contribution < 1.29 is 10.2 Å². The summed E-state index contributed by atoms with van der Waals surface area (Å²) in [6.07, 6.45) is 3.05. The summed E-state index contributed by atoms with van der Waals surface area (Å²) in [6.45, 7) is 0.797. The fourth-order valence-electron chi connectivity index (χ4n) is 1.91. The molecule has 0 saturated carbocycles. The average molecular weight is 350 g/mol. The molecule has 0 aliphatic rings. The highest BCUT2D eigenvalue weighted by Crippen LogP contribution is 2.17. The van der Waals surface area contributed by atoms with Crippen LogP contribution < -0.4 is 0 Å². The van der Waals surface area contributed by atoms with Crippen LogP contribution in [0, 0.1) is 11.3 Å². The zero-order chi connectivity index (χ0) is 17.4. The molecule has 0 bridgehead atoms. The van der Waals surface area contributed by atoms with Crippen molar-refractivity contribution in [2.24, 2.45) is 4.99 Å². The van der Waals surface area contributed by atoms with Gasteiger partial charge in [0.05, 0.1) is 26.1 Å². The van der Waals surface area contributed by atoms with Gasteiger partial charge < -0.3 is 15.1 Å². The van der Waals surface area contributed by atoms with Crippen molar-refractivity contribution in [1.29, 1.82) is 5.26 Å². The van der Waals surface area contributed by atoms with Crippen LogP contribution in [0.5, 0.6) is 0 Å². The molecule has 126 valence electrons. The lowest BCUT2D eigenvalue weighted by molar-refractivity contribution is 0.215. The van der Waals surface area contributed by atoms with Crippen LogP contribution in [0.2, 0.25) is 5.15 Å². The number of nitrogens with zero attached hydrogens (tertiary/aromatic N) is 7. The Kier molecular flexibility index (Phi) is 6.62. The number of hydrogen-bond acceptors (Lipinski definition) is 7. The van der Waals surface area contributed by atoms with Crippen molar-refractivity contribution in [3.05, 3.63) is 34.7 Å². The minimum atomic E-state index is -0.0783. The van der Waals surface area contributed by atoms with Gasteiger partial charge in [-0.1, -0.05) is 22.9 Å². The summed E-state index contributed by atoms with van der Waals surface area (Å²) in [6, 6.07) is 5.39. The highest BCUT2D eigenvalue weighted by molar-refractivity contribution is 6.29. The Hall–Kier alpha value is -2.54. The Labute approximate surface area is 143 Å². The lowest BCUT2D eigenvalue weighted by Crippen LogP contribution is -2.28. The maximum atomic E-state index is 9.14. The van der Waals surface area contributed by atoms with Crippen LogP contribution in [-0.2, 0) is 6.54 Å². The van der Waals surface area contributed by atoms with Gasteiger partial charge in [-0.05, 0) is 11.6 Å². The van der Waals surface area contributed by atoms with E-state index in [1.807, 2.05) is 6.07 Å². The second kappa shape index (κ2) is 8.93. The molecule has 0 fully saturated rings. The first-order chi connectivity index (χ1) is 11.7. The van der Waals surface area contributed by atoms with Gasteiger partial charge in [-0.25, -0.2) is 14.7 Å². The summed E-state index contributed by atoms with van der Waals surface area (Å²) < 4.78 is 1.47. The number of aliphatic hydroxyl groups is 2. The molecule has 0 aromatic carbocycles. The molecular weight excluding hydrogens is 334 g/mol. The predicted octanol–water partition coefficient (Wildman–Crippen LogP) is 0.193. The SMILES string of the molecule is N#Cc1nnn(Cc2ccc(Cl)nc2)c1/N=C/N(CCO)CCO. The van der Waals surface area contributed by atoms with Crippen molar-refractivity contribution >= 4 is 23.8 Å². The van der Waals surface area contributed by atoms with E-state index in [0.717, 1.165) is 5.56 Å². The maximum absolute atomic E-state index is 9.14. The topological polar surface area (TPSA) is 123 Å². The van der Waals surface area contributed by atoms with E-state index in [1.54, 1.807) is 23.2 Å². The molecule has 0 spiro atoms. The molecule has 0 unspecified atom stereocenters. The van der Waals surface area contributed by atoms with E-state index in [1.165, 1.54) is 11.0 Å². The Bertz CT molecular complexity index is 718. The molecule has 0 saturated heterocycles. The third-order valence-electron chi connectivity index (χ3n) is 3.05. The summed E-state index contributed by atoms with van der Waals surface area (Å²) in [7, 11) is 0. The van der Waals surface area contributed by atoms with Crippen molar-refractivity contribution in [3.8, 4) is 6.07 Å².